The van der Waals surface area contributed by atoms with Crippen molar-refractivity contribution in [1.29, 1.82) is 0 Å². The second kappa shape index (κ2) is 39.4. The molecular formula is C27H66N4O12. The molecule has 0 spiro atoms. The number of hydrogen-bond acceptors (Lipinski definition) is 16. The molecule has 0 aliphatic heterocycles. The number of aliphatic hydroxyl groups is 12. The van der Waals surface area contributed by atoms with Gasteiger partial charge in [0.15, 0.2) is 0 Å². The average molecular weight is 639 g/mol. The van der Waals surface area contributed by atoms with Crippen molar-refractivity contribution in [3.05, 3.63) is 0 Å². The van der Waals surface area contributed by atoms with Crippen molar-refractivity contribution in [3.8, 4) is 0 Å². The molecule has 0 amide bonds. The molecule has 0 saturated carbocycles. The van der Waals surface area contributed by atoms with Crippen LogP contribution in [0.2, 0.25) is 0 Å². The molecular weight excluding hydrogens is 572 g/mol. The summed E-state index contributed by atoms with van der Waals surface area (Å²) in [6.45, 7) is 11.7. The van der Waals surface area contributed by atoms with Crippen molar-refractivity contribution in [2.24, 2.45) is 0 Å². The van der Waals surface area contributed by atoms with Gasteiger partial charge < -0.3 is 66.2 Å². The number of aliphatic hydroxyl groups excluding tert-OH is 9. The van der Waals surface area contributed by atoms with Gasteiger partial charge in [-0.2, -0.15) is 0 Å². The van der Waals surface area contributed by atoms with Crippen LogP contribution in [0.1, 0.15) is 33.1 Å². The van der Waals surface area contributed by atoms with Gasteiger partial charge in [-0.05, 0) is 32.4 Å². The first-order valence-electron chi connectivity index (χ1n) is 15.1. The van der Waals surface area contributed by atoms with Crippen molar-refractivity contribution in [1.82, 2.24) is 19.6 Å². The van der Waals surface area contributed by atoms with E-state index in [0.717, 1.165) is 38.9 Å². The van der Waals surface area contributed by atoms with Gasteiger partial charge in [0.2, 0.25) is 0 Å². The number of hydrogen-bond donors (Lipinski definition) is 12. The van der Waals surface area contributed by atoms with Crippen LogP contribution in [-0.2, 0) is 0 Å². The van der Waals surface area contributed by atoms with Crippen molar-refractivity contribution in [2.75, 3.05) is 138 Å². The summed E-state index contributed by atoms with van der Waals surface area (Å²) >= 11 is 0. The van der Waals surface area contributed by atoms with Crippen LogP contribution >= 0.6 is 0 Å². The van der Waals surface area contributed by atoms with E-state index in [1.165, 1.54) is 0 Å². The second-order valence-electron chi connectivity index (χ2n) is 9.33. The Morgan fingerprint density at radius 1 is 0.349 bits per heavy atom. The Morgan fingerprint density at radius 2 is 0.581 bits per heavy atom. The van der Waals surface area contributed by atoms with Gasteiger partial charge in [0, 0.05) is 78.7 Å². The molecule has 0 aliphatic carbocycles. The Morgan fingerprint density at radius 3 is 0.721 bits per heavy atom. The number of rotatable bonds is 25. The van der Waals surface area contributed by atoms with Crippen LogP contribution in [0.3, 0.4) is 0 Å². The molecule has 266 valence electrons. The fourth-order valence-corrected chi connectivity index (χ4v) is 3.48. The van der Waals surface area contributed by atoms with E-state index in [2.05, 4.69) is 4.90 Å². The van der Waals surface area contributed by atoms with E-state index in [1.807, 2.05) is 13.8 Å². The van der Waals surface area contributed by atoms with Crippen LogP contribution < -0.4 is 0 Å². The third-order valence-corrected chi connectivity index (χ3v) is 5.72. The number of nitrogens with zero attached hydrogens (tertiary/aromatic N) is 4. The molecule has 43 heavy (non-hydrogen) atoms. The fraction of sp³-hybridized carbons (Fsp3) is 1.00. The normalized spacial score (nSPS) is 11.3. The SMILES string of the molecule is CCN(CC)CC(O)(O)O.OCCCN(CCCO)CCCO.OCCN(CCO)CCO.OCCN(CCO)CCO. The van der Waals surface area contributed by atoms with E-state index in [-0.39, 0.29) is 66.0 Å². The van der Waals surface area contributed by atoms with Crippen LogP contribution in [0.5, 0.6) is 0 Å². The van der Waals surface area contributed by atoms with Gasteiger partial charge in [0.25, 0.3) is 5.97 Å². The zero-order valence-corrected chi connectivity index (χ0v) is 26.6. The van der Waals surface area contributed by atoms with E-state index >= 15 is 0 Å². The third kappa shape index (κ3) is 43.5. The zero-order chi connectivity index (χ0) is 33.8. The number of likely N-dealkylation sites (N-methyl/N-ethyl adjacent to an activating group) is 1. The van der Waals surface area contributed by atoms with Crippen molar-refractivity contribution in [3.63, 3.8) is 0 Å². The summed E-state index contributed by atoms with van der Waals surface area (Å²) in [6, 6.07) is 0. The molecule has 0 aromatic carbocycles. The van der Waals surface area contributed by atoms with Gasteiger partial charge in [-0.1, -0.05) is 13.8 Å². The molecule has 0 bridgehead atoms. The molecule has 0 aromatic heterocycles. The fourth-order valence-electron chi connectivity index (χ4n) is 3.48. The predicted molar refractivity (Wildman–Crippen MR) is 164 cm³/mol. The molecule has 0 aromatic rings. The summed E-state index contributed by atoms with van der Waals surface area (Å²) < 4.78 is 0. The topological polar surface area (TPSA) is 256 Å². The highest BCUT2D eigenvalue weighted by Gasteiger charge is 2.20. The Bertz CT molecular complexity index is 428. The average Bonchev–Trinajstić information content (AvgIpc) is 2.97. The van der Waals surface area contributed by atoms with E-state index < -0.39 is 5.97 Å². The zero-order valence-electron chi connectivity index (χ0n) is 26.6. The Balaban J connectivity index is -0.000000238. The van der Waals surface area contributed by atoms with Crippen molar-refractivity contribution < 1.29 is 61.3 Å². The minimum absolute atomic E-state index is 0.0694. The van der Waals surface area contributed by atoms with E-state index in [0.29, 0.717) is 52.4 Å². The molecule has 0 atom stereocenters. The predicted octanol–water partition coefficient (Wildman–Crippen LogP) is -5.07. The second-order valence-corrected chi connectivity index (χ2v) is 9.33. The van der Waals surface area contributed by atoms with E-state index in [4.69, 9.17) is 61.3 Å². The molecule has 16 heteroatoms. The highest BCUT2D eigenvalue weighted by Crippen LogP contribution is 1.97. The van der Waals surface area contributed by atoms with Crippen LogP contribution in [-0.4, -0.2) is 225 Å². The van der Waals surface area contributed by atoms with Crippen LogP contribution in [0.15, 0.2) is 0 Å². The van der Waals surface area contributed by atoms with Crippen LogP contribution in [0, 0.1) is 0 Å². The summed E-state index contributed by atoms with van der Waals surface area (Å²) in [4.78, 5) is 7.45. The third-order valence-electron chi connectivity index (χ3n) is 5.72. The lowest BCUT2D eigenvalue weighted by Crippen LogP contribution is -2.42. The Labute approximate surface area is 258 Å². The summed E-state index contributed by atoms with van der Waals surface area (Å²) in [5.41, 5.74) is 0. The highest BCUT2D eigenvalue weighted by molar-refractivity contribution is 4.58. The molecule has 12 N–H and O–H groups in total. The summed E-state index contributed by atoms with van der Waals surface area (Å²) in [5.74, 6) is -2.55. The lowest BCUT2D eigenvalue weighted by Gasteiger charge is -2.23. The Hall–Kier alpha value is -0.640. The first-order chi connectivity index (χ1) is 20.5. The Kier molecular flexibility index (Phi) is 45.1. The van der Waals surface area contributed by atoms with Gasteiger partial charge >= 0.3 is 0 Å². The maximum absolute atomic E-state index is 8.64. The largest absolute Gasteiger partial charge is 0.396 e. The molecule has 0 radical (unpaired) electrons. The smallest absolute Gasteiger partial charge is 0.288 e. The van der Waals surface area contributed by atoms with Crippen LogP contribution in [0.4, 0.5) is 0 Å². The molecule has 0 rings (SSSR count). The van der Waals surface area contributed by atoms with Gasteiger partial charge in [0.1, 0.15) is 0 Å². The molecule has 0 fully saturated rings. The molecule has 16 nitrogen and oxygen atoms in total. The van der Waals surface area contributed by atoms with Crippen molar-refractivity contribution in [2.45, 2.75) is 39.1 Å². The maximum Gasteiger partial charge on any atom is 0.288 e. The standard InChI is InChI=1S/C9H21NO3.3C6H15NO3/c11-7-1-4-10(5-2-8-12)6-3-9-13;2*8-4-1-7(2-5-9)3-6-10;1-3-7(4-2)5-6(8,9)10/h11-13H,1-9H2;2*8-10H,1-6H2;8-10H,3-5H2,1-2H3. The quantitative estimate of drug-likeness (QED) is 0.0418. The monoisotopic (exact) mass is 638 g/mol. The van der Waals surface area contributed by atoms with E-state index in [9.17, 15) is 0 Å². The summed E-state index contributed by atoms with van der Waals surface area (Å²) in [7, 11) is 0. The minimum Gasteiger partial charge on any atom is -0.396 e. The first-order valence-corrected chi connectivity index (χ1v) is 15.1. The molecule has 0 unspecified atom stereocenters. The summed E-state index contributed by atoms with van der Waals surface area (Å²) in [5, 5.41) is 102. The minimum atomic E-state index is -2.55. The maximum atomic E-state index is 8.64. The molecule has 0 heterocycles. The van der Waals surface area contributed by atoms with Crippen LogP contribution in [0.25, 0.3) is 0 Å². The summed E-state index contributed by atoms with van der Waals surface area (Å²) in [6.07, 6.45) is 2.28. The van der Waals surface area contributed by atoms with Gasteiger partial charge in [-0.25, -0.2) is 0 Å². The van der Waals surface area contributed by atoms with Gasteiger partial charge in [-0.3, -0.25) is 14.7 Å². The van der Waals surface area contributed by atoms with E-state index in [1.54, 1.807) is 14.7 Å². The van der Waals surface area contributed by atoms with Gasteiger partial charge in [0.05, 0.1) is 46.2 Å². The van der Waals surface area contributed by atoms with Crippen molar-refractivity contribution >= 4 is 0 Å². The van der Waals surface area contributed by atoms with Gasteiger partial charge in [-0.15, -0.1) is 0 Å². The lowest BCUT2D eigenvalue weighted by atomic mass is 10.3. The molecule has 0 saturated heterocycles. The lowest BCUT2D eigenvalue weighted by molar-refractivity contribution is -0.316. The highest BCUT2D eigenvalue weighted by atomic mass is 16.7. The first kappa shape index (κ1) is 49.2. The molecule has 0 aliphatic rings.